The average Bonchev–Trinajstić information content (AvgIpc) is 3.54. The van der Waals surface area contributed by atoms with E-state index >= 15 is 0 Å². The lowest BCUT2D eigenvalue weighted by atomic mass is 10.2. The summed E-state index contributed by atoms with van der Waals surface area (Å²) in [6.07, 6.45) is 1.76. The van der Waals surface area contributed by atoms with E-state index in [1.54, 1.807) is 57.5 Å². The zero-order chi connectivity index (χ0) is 23.9. The van der Waals surface area contributed by atoms with Crippen LogP contribution in [0, 0.1) is 5.82 Å². The van der Waals surface area contributed by atoms with Gasteiger partial charge in [0.15, 0.2) is 0 Å². The van der Waals surface area contributed by atoms with E-state index in [4.69, 9.17) is 4.74 Å². The van der Waals surface area contributed by atoms with Crippen molar-refractivity contribution < 1.29 is 18.7 Å². The molecule has 1 aliphatic rings. The number of carbonyl (C=O) groups is 2. The van der Waals surface area contributed by atoms with Crippen molar-refractivity contribution in [1.82, 2.24) is 9.80 Å². The molecule has 1 aromatic heterocycles. The zero-order valence-corrected chi connectivity index (χ0v) is 19.9. The fourth-order valence-corrected chi connectivity index (χ4v) is 4.35. The molecule has 0 spiro atoms. The van der Waals surface area contributed by atoms with Gasteiger partial charge in [0.25, 0.3) is 0 Å². The summed E-state index contributed by atoms with van der Waals surface area (Å²) in [5.74, 6) is 0.275. The summed E-state index contributed by atoms with van der Waals surface area (Å²) in [4.78, 5) is 30.8. The molecule has 1 saturated carbocycles. The zero-order valence-electron chi connectivity index (χ0n) is 19.1. The third kappa shape index (κ3) is 6.57. The number of halogens is 1. The normalized spacial score (nSPS) is 12.8. The molecular weight excluding hydrogens is 453 g/mol. The third-order valence-corrected chi connectivity index (χ3v) is 6.40. The molecule has 2 aromatic carbocycles. The van der Waals surface area contributed by atoms with E-state index in [2.05, 4.69) is 5.32 Å². The molecule has 178 valence electrons. The molecule has 0 aliphatic heterocycles. The molecule has 1 N–H and O–H groups in total. The first-order valence-electron chi connectivity index (χ1n) is 11.4. The van der Waals surface area contributed by atoms with Crippen molar-refractivity contribution in [1.29, 1.82) is 0 Å². The Morgan fingerprint density at radius 1 is 1.06 bits per heavy atom. The van der Waals surface area contributed by atoms with Gasteiger partial charge in [-0.25, -0.2) is 9.18 Å². The molecule has 1 heterocycles. The maximum Gasteiger partial charge on any atom is 0.322 e. The van der Waals surface area contributed by atoms with Crippen LogP contribution in [-0.4, -0.2) is 40.9 Å². The van der Waals surface area contributed by atoms with E-state index in [1.165, 1.54) is 12.1 Å². The molecule has 0 bridgehead atoms. The summed E-state index contributed by atoms with van der Waals surface area (Å²) in [6.45, 7) is 3.25. The minimum Gasteiger partial charge on any atom is -0.494 e. The topological polar surface area (TPSA) is 61.9 Å². The molecule has 8 heteroatoms. The minimum absolute atomic E-state index is 0.0138. The van der Waals surface area contributed by atoms with Gasteiger partial charge < -0.3 is 19.9 Å². The highest BCUT2D eigenvalue weighted by atomic mass is 32.1. The molecule has 1 aliphatic carbocycles. The summed E-state index contributed by atoms with van der Waals surface area (Å²) >= 11 is 1.57. The lowest BCUT2D eigenvalue weighted by Gasteiger charge is -2.28. The summed E-state index contributed by atoms with van der Waals surface area (Å²) in [6, 6.07) is 17.0. The van der Waals surface area contributed by atoms with Crippen molar-refractivity contribution in [3.63, 3.8) is 0 Å². The lowest BCUT2D eigenvalue weighted by molar-refractivity contribution is -0.133. The molecular formula is C26H28FN3O3S. The molecule has 3 amide bonds. The average molecular weight is 482 g/mol. The maximum atomic E-state index is 13.4. The van der Waals surface area contributed by atoms with E-state index in [1.807, 2.05) is 24.4 Å². The number of ether oxygens (including phenoxy) is 1. The van der Waals surface area contributed by atoms with Crippen molar-refractivity contribution in [3.8, 4) is 5.75 Å². The van der Waals surface area contributed by atoms with Gasteiger partial charge in [0, 0.05) is 23.2 Å². The van der Waals surface area contributed by atoms with Crippen molar-refractivity contribution in [3.05, 3.63) is 82.3 Å². The number of benzene rings is 2. The van der Waals surface area contributed by atoms with Crippen LogP contribution >= 0.6 is 11.3 Å². The molecule has 4 rings (SSSR count). The van der Waals surface area contributed by atoms with Crippen LogP contribution in [-0.2, 0) is 17.9 Å². The number of anilines is 1. The number of hydrogen-bond acceptors (Lipinski definition) is 4. The predicted molar refractivity (Wildman–Crippen MR) is 131 cm³/mol. The highest BCUT2D eigenvalue weighted by molar-refractivity contribution is 7.09. The van der Waals surface area contributed by atoms with Gasteiger partial charge >= 0.3 is 6.03 Å². The summed E-state index contributed by atoms with van der Waals surface area (Å²) in [5, 5.41) is 4.87. The van der Waals surface area contributed by atoms with Gasteiger partial charge in [0.05, 0.1) is 13.2 Å². The molecule has 0 unspecified atom stereocenters. The Morgan fingerprint density at radius 2 is 1.79 bits per heavy atom. The second-order valence-electron chi connectivity index (χ2n) is 8.20. The number of hydrogen-bond donors (Lipinski definition) is 1. The van der Waals surface area contributed by atoms with Gasteiger partial charge in [0.2, 0.25) is 5.91 Å². The molecule has 0 saturated heterocycles. The summed E-state index contributed by atoms with van der Waals surface area (Å²) in [7, 11) is 0. The fraction of sp³-hybridized carbons (Fsp3) is 0.308. The van der Waals surface area contributed by atoms with Crippen LogP contribution in [0.5, 0.6) is 5.75 Å². The Labute approximate surface area is 203 Å². The largest absolute Gasteiger partial charge is 0.494 e. The van der Waals surface area contributed by atoms with E-state index < -0.39 is 0 Å². The van der Waals surface area contributed by atoms with Gasteiger partial charge in [-0.3, -0.25) is 4.79 Å². The number of nitrogens with one attached hydrogen (secondary N) is 1. The number of rotatable bonds is 10. The number of amides is 3. The Balaban J connectivity index is 1.44. The van der Waals surface area contributed by atoms with E-state index in [9.17, 15) is 14.0 Å². The molecule has 3 aromatic rings. The van der Waals surface area contributed by atoms with Gasteiger partial charge in [-0.15, -0.1) is 11.3 Å². The van der Waals surface area contributed by atoms with E-state index in [0.29, 0.717) is 25.4 Å². The second kappa shape index (κ2) is 11.2. The molecule has 0 atom stereocenters. The van der Waals surface area contributed by atoms with Crippen molar-refractivity contribution in [2.75, 3.05) is 18.5 Å². The maximum absolute atomic E-state index is 13.4. The molecule has 34 heavy (non-hydrogen) atoms. The summed E-state index contributed by atoms with van der Waals surface area (Å²) in [5.41, 5.74) is 1.48. The first-order valence-corrected chi connectivity index (χ1v) is 12.2. The SMILES string of the molecule is CCOc1ccc(NC(=O)N(CC(=O)N(Cc2ccc(F)cc2)Cc2cccs2)C2CC2)cc1. The smallest absolute Gasteiger partial charge is 0.322 e. The van der Waals surface area contributed by atoms with Crippen molar-refractivity contribution in [2.24, 2.45) is 0 Å². The number of nitrogens with zero attached hydrogens (tertiary/aromatic N) is 2. The van der Waals surface area contributed by atoms with Crippen LogP contribution in [0.1, 0.15) is 30.2 Å². The van der Waals surface area contributed by atoms with Crippen LogP contribution in [0.4, 0.5) is 14.9 Å². The second-order valence-corrected chi connectivity index (χ2v) is 9.23. The highest BCUT2D eigenvalue weighted by Gasteiger charge is 2.35. The van der Waals surface area contributed by atoms with Gasteiger partial charge in [-0.1, -0.05) is 18.2 Å². The standard InChI is InChI=1S/C26H28FN3O3S/c1-2-33-23-13-9-21(10-14-23)28-26(32)30(22-11-12-22)18-25(31)29(17-24-4-3-15-34-24)16-19-5-7-20(27)8-6-19/h3-10,13-15,22H,2,11-12,16-18H2,1H3,(H,28,32). The first-order chi connectivity index (χ1) is 16.5. The van der Waals surface area contributed by atoms with Crippen LogP contribution in [0.25, 0.3) is 0 Å². The monoisotopic (exact) mass is 481 g/mol. The molecule has 6 nitrogen and oxygen atoms in total. The number of carbonyl (C=O) groups excluding carboxylic acids is 2. The van der Waals surface area contributed by atoms with Crippen molar-refractivity contribution >= 4 is 29.0 Å². The Morgan fingerprint density at radius 3 is 2.41 bits per heavy atom. The Bertz CT molecular complexity index is 1080. The van der Waals surface area contributed by atoms with Gasteiger partial charge in [-0.2, -0.15) is 0 Å². The van der Waals surface area contributed by atoms with Crippen LogP contribution in [0.2, 0.25) is 0 Å². The van der Waals surface area contributed by atoms with Crippen LogP contribution in [0.3, 0.4) is 0 Å². The predicted octanol–water partition coefficient (Wildman–Crippen LogP) is 5.51. The van der Waals surface area contributed by atoms with Gasteiger partial charge in [-0.05, 0) is 73.2 Å². The quantitative estimate of drug-likeness (QED) is 0.415. The van der Waals surface area contributed by atoms with Crippen LogP contribution < -0.4 is 10.1 Å². The van der Waals surface area contributed by atoms with E-state index in [0.717, 1.165) is 29.0 Å². The minimum atomic E-state index is -0.314. The first kappa shape index (κ1) is 23.8. The Kier molecular flexibility index (Phi) is 7.80. The number of thiophene rings is 1. The summed E-state index contributed by atoms with van der Waals surface area (Å²) < 4.78 is 18.8. The Hall–Kier alpha value is -3.39. The fourth-order valence-electron chi connectivity index (χ4n) is 3.63. The lowest BCUT2D eigenvalue weighted by Crippen LogP contribution is -2.45. The number of urea groups is 1. The highest BCUT2D eigenvalue weighted by Crippen LogP contribution is 2.28. The molecule has 1 fully saturated rings. The van der Waals surface area contributed by atoms with E-state index in [-0.39, 0.29) is 30.3 Å². The third-order valence-electron chi connectivity index (χ3n) is 5.54. The van der Waals surface area contributed by atoms with Crippen molar-refractivity contribution in [2.45, 2.75) is 38.9 Å². The van der Waals surface area contributed by atoms with Crippen LogP contribution in [0.15, 0.2) is 66.0 Å². The van der Waals surface area contributed by atoms with Gasteiger partial charge in [0.1, 0.15) is 18.1 Å². The molecule has 0 radical (unpaired) electrons.